The maximum atomic E-state index is 12.5. The molecule has 0 spiro atoms. The molecule has 148 valence electrons. The minimum Gasteiger partial charge on any atom is -0.445 e. The molecule has 2 fully saturated rings. The summed E-state index contributed by atoms with van der Waals surface area (Å²) in [5.41, 5.74) is 0.283. The van der Waals surface area contributed by atoms with Crippen LogP contribution in [-0.4, -0.2) is 53.3 Å². The number of hydrogen-bond donors (Lipinski definition) is 0. The van der Waals surface area contributed by atoms with Crippen molar-refractivity contribution in [2.45, 2.75) is 57.8 Å². The Hall–Kier alpha value is -2.24. The lowest BCUT2D eigenvalue weighted by atomic mass is 9.95. The van der Waals surface area contributed by atoms with Gasteiger partial charge in [-0.3, -0.25) is 0 Å². The lowest BCUT2D eigenvalue weighted by molar-refractivity contribution is 0.0128. The molecule has 27 heavy (non-hydrogen) atoms. The summed E-state index contributed by atoms with van der Waals surface area (Å²) in [7, 11) is 1.82. The summed E-state index contributed by atoms with van der Waals surface area (Å²) in [4.78, 5) is 28.4. The summed E-state index contributed by atoms with van der Waals surface area (Å²) >= 11 is 0. The molecule has 1 unspecified atom stereocenters. The van der Waals surface area contributed by atoms with Crippen molar-refractivity contribution >= 4 is 12.2 Å². The van der Waals surface area contributed by atoms with Crippen LogP contribution in [0.2, 0.25) is 0 Å². The Balaban J connectivity index is 1.54. The summed E-state index contributed by atoms with van der Waals surface area (Å²) in [6.07, 6.45) is 2.23. The van der Waals surface area contributed by atoms with Crippen LogP contribution < -0.4 is 0 Å². The second kappa shape index (κ2) is 7.41. The first kappa shape index (κ1) is 19.5. The molecule has 0 N–H and O–H groups in total. The maximum absolute atomic E-state index is 12.5. The summed E-state index contributed by atoms with van der Waals surface area (Å²) in [5.74, 6) is 0.263. The average Bonchev–Trinajstić information content (AvgIpc) is 3.27. The van der Waals surface area contributed by atoms with E-state index in [4.69, 9.17) is 9.47 Å². The van der Waals surface area contributed by atoms with Gasteiger partial charge in [-0.2, -0.15) is 0 Å². The number of likely N-dealkylation sites (tertiary alicyclic amines) is 1. The van der Waals surface area contributed by atoms with Gasteiger partial charge in [-0.05, 0) is 45.6 Å². The molecule has 1 heterocycles. The van der Waals surface area contributed by atoms with E-state index in [1.165, 1.54) is 0 Å². The van der Waals surface area contributed by atoms with Gasteiger partial charge in [0.25, 0.3) is 0 Å². The fraction of sp³-hybridized carbons (Fsp3) is 0.619. The number of amides is 2. The third-order valence-corrected chi connectivity index (χ3v) is 5.51. The number of nitrogens with zero attached hydrogens (tertiary/aromatic N) is 2. The van der Waals surface area contributed by atoms with Crippen molar-refractivity contribution in [1.82, 2.24) is 9.80 Å². The van der Waals surface area contributed by atoms with Gasteiger partial charge in [0.1, 0.15) is 12.2 Å². The Morgan fingerprint density at radius 3 is 2.48 bits per heavy atom. The van der Waals surface area contributed by atoms with Crippen LogP contribution in [0.15, 0.2) is 30.3 Å². The second-order valence-electron chi connectivity index (χ2n) is 8.61. The maximum Gasteiger partial charge on any atom is 0.410 e. The van der Waals surface area contributed by atoms with Crippen LogP contribution in [-0.2, 0) is 16.1 Å². The first-order valence-corrected chi connectivity index (χ1v) is 9.64. The number of benzene rings is 1. The Morgan fingerprint density at radius 2 is 1.89 bits per heavy atom. The van der Waals surface area contributed by atoms with E-state index in [-0.39, 0.29) is 30.3 Å². The molecule has 2 aliphatic rings. The summed E-state index contributed by atoms with van der Waals surface area (Å²) in [6.45, 7) is 7.20. The van der Waals surface area contributed by atoms with Crippen LogP contribution in [0.3, 0.4) is 0 Å². The van der Waals surface area contributed by atoms with E-state index in [0.717, 1.165) is 24.8 Å². The predicted molar refractivity (Wildman–Crippen MR) is 102 cm³/mol. The molecule has 3 rings (SSSR count). The van der Waals surface area contributed by atoms with E-state index in [2.05, 4.69) is 0 Å². The molecular formula is C21H30N2O4. The molecule has 1 aromatic carbocycles. The molecule has 2 amide bonds. The number of ether oxygens (including phenoxy) is 2. The van der Waals surface area contributed by atoms with E-state index in [9.17, 15) is 9.59 Å². The fourth-order valence-electron chi connectivity index (χ4n) is 3.83. The Bertz CT molecular complexity index is 679. The van der Waals surface area contributed by atoms with E-state index < -0.39 is 5.60 Å². The summed E-state index contributed by atoms with van der Waals surface area (Å²) < 4.78 is 11.0. The van der Waals surface area contributed by atoms with Crippen LogP contribution in [0, 0.1) is 5.92 Å². The molecule has 0 bridgehead atoms. The quantitative estimate of drug-likeness (QED) is 0.798. The minimum absolute atomic E-state index is 0.184. The largest absolute Gasteiger partial charge is 0.445 e. The lowest BCUT2D eigenvalue weighted by Crippen LogP contribution is -2.47. The van der Waals surface area contributed by atoms with Crippen molar-refractivity contribution in [1.29, 1.82) is 0 Å². The zero-order valence-corrected chi connectivity index (χ0v) is 16.7. The zero-order chi connectivity index (χ0) is 19.7. The Labute approximate surface area is 161 Å². The van der Waals surface area contributed by atoms with Crippen molar-refractivity contribution in [3.05, 3.63) is 35.9 Å². The van der Waals surface area contributed by atoms with Crippen molar-refractivity contribution in [2.75, 3.05) is 20.1 Å². The van der Waals surface area contributed by atoms with Gasteiger partial charge in [0.15, 0.2) is 0 Å². The highest BCUT2D eigenvalue weighted by Gasteiger charge is 2.56. The van der Waals surface area contributed by atoms with Crippen LogP contribution in [0.5, 0.6) is 0 Å². The van der Waals surface area contributed by atoms with Gasteiger partial charge in [0, 0.05) is 26.1 Å². The molecule has 1 aliphatic heterocycles. The summed E-state index contributed by atoms with van der Waals surface area (Å²) in [5, 5.41) is 0. The molecule has 6 nitrogen and oxygen atoms in total. The molecule has 1 aromatic rings. The molecular weight excluding hydrogens is 344 g/mol. The number of carbonyl (C=O) groups is 2. The molecule has 1 saturated carbocycles. The normalized spacial score (nSPS) is 20.9. The smallest absolute Gasteiger partial charge is 0.410 e. The van der Waals surface area contributed by atoms with Crippen LogP contribution in [0.25, 0.3) is 0 Å². The third-order valence-electron chi connectivity index (χ3n) is 5.51. The molecule has 0 aromatic heterocycles. The lowest BCUT2D eigenvalue weighted by Gasteiger charge is -2.34. The average molecular weight is 374 g/mol. The highest BCUT2D eigenvalue weighted by molar-refractivity contribution is 5.70. The third kappa shape index (κ3) is 4.54. The predicted octanol–water partition coefficient (Wildman–Crippen LogP) is 4.04. The highest BCUT2D eigenvalue weighted by Crippen LogP contribution is 2.50. The number of hydrogen-bond acceptors (Lipinski definition) is 4. The van der Waals surface area contributed by atoms with Crippen LogP contribution >= 0.6 is 0 Å². The minimum atomic E-state index is -0.510. The molecule has 1 atom stereocenters. The van der Waals surface area contributed by atoms with Gasteiger partial charge in [-0.25, -0.2) is 9.59 Å². The number of carbonyl (C=O) groups excluding carboxylic acids is 2. The van der Waals surface area contributed by atoms with E-state index in [0.29, 0.717) is 13.1 Å². The van der Waals surface area contributed by atoms with Gasteiger partial charge >= 0.3 is 12.2 Å². The van der Waals surface area contributed by atoms with Gasteiger partial charge in [0.2, 0.25) is 0 Å². The zero-order valence-electron chi connectivity index (χ0n) is 16.7. The number of rotatable bonds is 4. The van der Waals surface area contributed by atoms with E-state index in [1.807, 2.05) is 58.2 Å². The van der Waals surface area contributed by atoms with E-state index >= 15 is 0 Å². The topological polar surface area (TPSA) is 59.1 Å². The van der Waals surface area contributed by atoms with Crippen molar-refractivity contribution < 1.29 is 19.1 Å². The summed E-state index contributed by atoms with van der Waals surface area (Å²) in [6, 6.07) is 9.67. The highest BCUT2D eigenvalue weighted by atomic mass is 16.6. The van der Waals surface area contributed by atoms with Gasteiger partial charge in [0.05, 0.1) is 5.54 Å². The van der Waals surface area contributed by atoms with Gasteiger partial charge in [-0.1, -0.05) is 30.3 Å². The molecule has 0 radical (unpaired) electrons. The first-order valence-electron chi connectivity index (χ1n) is 9.64. The van der Waals surface area contributed by atoms with Crippen molar-refractivity contribution in [3.63, 3.8) is 0 Å². The van der Waals surface area contributed by atoms with Crippen molar-refractivity contribution in [3.8, 4) is 0 Å². The molecule has 6 heteroatoms. The van der Waals surface area contributed by atoms with Crippen LogP contribution in [0.4, 0.5) is 9.59 Å². The Morgan fingerprint density at radius 1 is 1.22 bits per heavy atom. The fourth-order valence-corrected chi connectivity index (χ4v) is 3.83. The Kier molecular flexibility index (Phi) is 5.36. The first-order chi connectivity index (χ1) is 12.7. The van der Waals surface area contributed by atoms with Gasteiger partial charge in [-0.15, -0.1) is 0 Å². The van der Waals surface area contributed by atoms with Gasteiger partial charge < -0.3 is 19.3 Å². The SMILES string of the molecule is CN(C(=O)OC(C)(C)C)C1(C2CCN(C(=O)OCc3ccccc3)C2)CC1. The molecule has 1 saturated heterocycles. The van der Waals surface area contributed by atoms with E-state index in [1.54, 1.807) is 9.80 Å². The van der Waals surface area contributed by atoms with Crippen molar-refractivity contribution in [2.24, 2.45) is 5.92 Å². The monoisotopic (exact) mass is 374 g/mol. The second-order valence-corrected chi connectivity index (χ2v) is 8.61. The van der Waals surface area contributed by atoms with Crippen LogP contribution in [0.1, 0.15) is 45.6 Å². The molecule has 1 aliphatic carbocycles. The standard InChI is InChI=1S/C21H30N2O4/c1-20(2,3)27-18(24)22(4)21(11-12-21)17-10-13-23(14-17)19(25)26-15-16-8-6-5-7-9-16/h5-9,17H,10-15H2,1-4H3.